The quantitative estimate of drug-likeness (QED) is 0.440. The van der Waals surface area contributed by atoms with E-state index in [0.29, 0.717) is 0 Å². The molecule has 1 saturated heterocycles. The van der Waals surface area contributed by atoms with Gasteiger partial charge in [0, 0.05) is 24.8 Å². The molecule has 0 atom stereocenters. The number of fused-ring (bicyclic) bond motifs is 2. The van der Waals surface area contributed by atoms with Crippen LogP contribution < -0.4 is 0 Å². The molecule has 0 aliphatic carbocycles. The Labute approximate surface area is 173 Å². The van der Waals surface area contributed by atoms with Crippen LogP contribution in [0.1, 0.15) is 30.7 Å². The van der Waals surface area contributed by atoms with Crippen LogP contribution in [0.25, 0.3) is 11.3 Å². The number of aromatic nitrogens is 4. The van der Waals surface area contributed by atoms with E-state index in [1.54, 1.807) is 0 Å². The van der Waals surface area contributed by atoms with Gasteiger partial charge >= 0.3 is 0 Å². The number of hydrogen-bond donors (Lipinski definition) is 0. The van der Waals surface area contributed by atoms with Crippen molar-refractivity contribution in [3.05, 3.63) is 70.5 Å². The first-order chi connectivity index (χ1) is 13.6. The third-order valence-electron chi connectivity index (χ3n) is 5.69. The molecule has 7 heteroatoms. The van der Waals surface area contributed by atoms with E-state index in [0.717, 1.165) is 63.4 Å². The summed E-state index contributed by atoms with van der Waals surface area (Å²) in [4.78, 5) is 9.67. The Hall–Kier alpha value is -2.08. The average molecular weight is 415 g/mol. The smallest absolute Gasteiger partial charge is 0.137 e. The topological polar surface area (TPSA) is 34.6 Å². The molecular formula is C21H22Cl2N5+. The van der Waals surface area contributed by atoms with E-state index in [4.69, 9.17) is 33.2 Å². The minimum atomic E-state index is 0.724. The van der Waals surface area contributed by atoms with Crippen molar-refractivity contribution in [1.82, 2.24) is 18.8 Å². The summed E-state index contributed by atoms with van der Waals surface area (Å²) in [5.74, 6) is 0. The second-order valence-corrected chi connectivity index (χ2v) is 8.73. The van der Waals surface area contributed by atoms with Gasteiger partial charge in [-0.15, -0.1) is 0 Å². The van der Waals surface area contributed by atoms with Crippen LogP contribution in [0.15, 0.2) is 49.1 Å². The fourth-order valence-corrected chi connectivity index (χ4v) is 4.77. The van der Waals surface area contributed by atoms with Gasteiger partial charge in [-0.05, 0) is 43.5 Å². The van der Waals surface area contributed by atoms with Crippen molar-refractivity contribution in [2.75, 3.05) is 13.1 Å². The van der Waals surface area contributed by atoms with Crippen LogP contribution in [0.2, 0.25) is 10.0 Å². The van der Waals surface area contributed by atoms with Gasteiger partial charge in [0.25, 0.3) is 0 Å². The zero-order valence-electron chi connectivity index (χ0n) is 15.6. The lowest BCUT2D eigenvalue weighted by molar-refractivity contribution is -0.958. The third kappa shape index (κ3) is 3.50. The molecular weight excluding hydrogens is 393 g/mol. The fraction of sp³-hybridized carbons (Fsp3) is 0.333. The number of quaternary nitrogens is 1. The van der Waals surface area contributed by atoms with E-state index in [1.807, 2.05) is 45.5 Å². The van der Waals surface area contributed by atoms with Gasteiger partial charge in [0.05, 0.1) is 23.1 Å². The number of nitrogens with zero attached hydrogens (tertiary/aromatic N) is 5. The summed E-state index contributed by atoms with van der Waals surface area (Å²) in [7, 11) is 0. The summed E-state index contributed by atoms with van der Waals surface area (Å²) in [5.41, 5.74) is 4.10. The lowest BCUT2D eigenvalue weighted by atomic mass is 10.1. The van der Waals surface area contributed by atoms with Crippen LogP contribution in [-0.4, -0.2) is 36.3 Å². The fourth-order valence-electron chi connectivity index (χ4n) is 4.43. The Bertz CT molecular complexity index is 1060. The first kappa shape index (κ1) is 18.0. The molecule has 5 nitrogen and oxygen atoms in total. The van der Waals surface area contributed by atoms with Crippen LogP contribution in [0.3, 0.4) is 0 Å². The molecule has 0 radical (unpaired) electrons. The summed E-state index contributed by atoms with van der Waals surface area (Å²) in [6, 6.07) is 7.72. The minimum absolute atomic E-state index is 0.724. The molecule has 4 aromatic rings. The van der Waals surface area contributed by atoms with E-state index in [9.17, 15) is 0 Å². The zero-order valence-corrected chi connectivity index (χ0v) is 17.1. The molecule has 0 unspecified atom stereocenters. The van der Waals surface area contributed by atoms with Gasteiger partial charge < -0.3 is 13.3 Å². The normalized spacial score (nSPS) is 16.8. The molecule has 5 heterocycles. The maximum atomic E-state index is 6.13. The number of piperidine rings is 1. The summed E-state index contributed by atoms with van der Waals surface area (Å²) in [6.07, 6.45) is 11.9. The molecule has 0 amide bonds. The van der Waals surface area contributed by atoms with Crippen molar-refractivity contribution in [3.63, 3.8) is 0 Å². The van der Waals surface area contributed by atoms with Crippen LogP contribution in [0, 0.1) is 0 Å². The van der Waals surface area contributed by atoms with Crippen molar-refractivity contribution < 1.29 is 4.48 Å². The highest BCUT2D eigenvalue weighted by Gasteiger charge is 2.32. The van der Waals surface area contributed by atoms with Crippen molar-refractivity contribution >= 4 is 34.5 Å². The molecule has 5 rings (SSSR count). The van der Waals surface area contributed by atoms with E-state index in [2.05, 4.69) is 12.4 Å². The van der Waals surface area contributed by atoms with E-state index in [-0.39, 0.29) is 0 Å². The first-order valence-corrected chi connectivity index (χ1v) is 10.5. The van der Waals surface area contributed by atoms with Crippen LogP contribution in [-0.2, 0) is 13.1 Å². The molecule has 144 valence electrons. The lowest BCUT2D eigenvalue weighted by Crippen LogP contribution is -2.50. The molecule has 1 fully saturated rings. The number of hydrogen-bond acceptors (Lipinski definition) is 2. The molecule has 0 aromatic carbocycles. The predicted molar refractivity (Wildman–Crippen MR) is 112 cm³/mol. The summed E-state index contributed by atoms with van der Waals surface area (Å²) in [6.45, 7) is 4.13. The number of likely N-dealkylation sites (tertiary alicyclic amines) is 1. The largest absolute Gasteiger partial charge is 0.313 e. The molecule has 1 aliphatic heterocycles. The van der Waals surface area contributed by atoms with Gasteiger partial charge in [0.2, 0.25) is 0 Å². The Morgan fingerprint density at radius 2 is 1.21 bits per heavy atom. The van der Waals surface area contributed by atoms with Crippen molar-refractivity contribution in [3.8, 4) is 0 Å². The van der Waals surface area contributed by atoms with Crippen LogP contribution >= 0.6 is 23.2 Å². The standard InChI is InChI=1S/C21H22Cl2N5/c22-16-4-6-20-24-18(12-26(20)10-16)14-28(8-2-1-3-9-28)15-19-13-27-11-17(23)5-7-21(27)25-19/h4-7,10-13H,1-3,8-9,14-15H2/q+1. The van der Waals surface area contributed by atoms with Crippen molar-refractivity contribution in [1.29, 1.82) is 0 Å². The second kappa shape index (κ2) is 7.07. The van der Waals surface area contributed by atoms with Gasteiger partial charge in [-0.1, -0.05) is 23.2 Å². The van der Waals surface area contributed by atoms with Gasteiger partial charge in [-0.2, -0.15) is 0 Å². The Kier molecular flexibility index (Phi) is 4.54. The Morgan fingerprint density at radius 1 is 0.714 bits per heavy atom. The summed E-state index contributed by atoms with van der Waals surface area (Å²) < 4.78 is 5.03. The molecule has 0 N–H and O–H groups in total. The van der Waals surface area contributed by atoms with Gasteiger partial charge in [0.15, 0.2) is 0 Å². The number of rotatable bonds is 4. The van der Waals surface area contributed by atoms with Gasteiger partial charge in [0.1, 0.15) is 35.8 Å². The van der Waals surface area contributed by atoms with E-state index in [1.165, 1.54) is 19.3 Å². The first-order valence-electron chi connectivity index (χ1n) is 9.70. The molecule has 0 spiro atoms. The second-order valence-electron chi connectivity index (χ2n) is 7.86. The van der Waals surface area contributed by atoms with E-state index >= 15 is 0 Å². The maximum Gasteiger partial charge on any atom is 0.137 e. The molecule has 0 bridgehead atoms. The Morgan fingerprint density at radius 3 is 1.71 bits per heavy atom. The number of imidazole rings is 2. The highest BCUT2D eigenvalue weighted by atomic mass is 35.5. The van der Waals surface area contributed by atoms with Crippen LogP contribution in [0.4, 0.5) is 0 Å². The molecule has 0 saturated carbocycles. The third-order valence-corrected chi connectivity index (χ3v) is 6.14. The van der Waals surface area contributed by atoms with Crippen molar-refractivity contribution in [2.24, 2.45) is 0 Å². The highest BCUT2D eigenvalue weighted by molar-refractivity contribution is 6.30. The summed E-state index contributed by atoms with van der Waals surface area (Å²) in [5, 5.41) is 1.45. The monoisotopic (exact) mass is 414 g/mol. The maximum absolute atomic E-state index is 6.13. The molecule has 1 aliphatic rings. The zero-order chi connectivity index (χ0) is 19.1. The lowest BCUT2D eigenvalue weighted by Gasteiger charge is -2.40. The number of halogens is 2. The van der Waals surface area contributed by atoms with E-state index < -0.39 is 0 Å². The molecule has 4 aromatic heterocycles. The average Bonchev–Trinajstić information content (AvgIpc) is 3.23. The van der Waals surface area contributed by atoms with Crippen LogP contribution in [0.5, 0.6) is 0 Å². The SMILES string of the molecule is Clc1ccc2nc(C[N+]3(Cc4cn5cc(Cl)ccc5n4)CCCCC3)cn2c1. The molecule has 28 heavy (non-hydrogen) atoms. The predicted octanol–water partition coefficient (Wildman–Crippen LogP) is 4.99. The minimum Gasteiger partial charge on any atom is -0.313 e. The van der Waals surface area contributed by atoms with Gasteiger partial charge in [-0.3, -0.25) is 0 Å². The summed E-state index contributed by atoms with van der Waals surface area (Å²) >= 11 is 12.3. The Balaban J connectivity index is 1.46. The van der Waals surface area contributed by atoms with Gasteiger partial charge in [-0.25, -0.2) is 9.97 Å². The van der Waals surface area contributed by atoms with Crippen molar-refractivity contribution in [2.45, 2.75) is 32.4 Å². The number of pyridine rings is 2. The highest BCUT2D eigenvalue weighted by Crippen LogP contribution is 2.26.